The molecule has 7 nitrogen and oxygen atoms in total. The van der Waals surface area contributed by atoms with Crippen molar-refractivity contribution in [1.29, 1.82) is 0 Å². The molecular formula is C16H24N2O5S. The second-order valence-corrected chi connectivity index (χ2v) is 8.52. The number of hydrogen-bond donors (Lipinski definition) is 1. The standard InChI is InChI=1S/C16H24N2O5S/c1-16(2,3)15(19)17-13-11-12(5-6-14(13)22-4)24(20,21)18-7-9-23-10-8-18/h5-6,11H,7-10H2,1-4H3,(H,17,19). The van der Waals surface area contributed by atoms with E-state index in [1.165, 1.54) is 23.5 Å². The van der Waals surface area contributed by atoms with Gasteiger partial charge in [0.05, 0.1) is 30.9 Å². The second-order valence-electron chi connectivity index (χ2n) is 6.58. The van der Waals surface area contributed by atoms with Crippen molar-refractivity contribution in [3.05, 3.63) is 18.2 Å². The number of sulfonamides is 1. The van der Waals surface area contributed by atoms with Crippen LogP contribution in [0, 0.1) is 5.41 Å². The van der Waals surface area contributed by atoms with Gasteiger partial charge in [-0.1, -0.05) is 20.8 Å². The molecular weight excluding hydrogens is 332 g/mol. The Morgan fingerprint density at radius 1 is 1.25 bits per heavy atom. The third-order valence-corrected chi connectivity index (χ3v) is 5.60. The summed E-state index contributed by atoms with van der Waals surface area (Å²) < 4.78 is 37.3. The lowest BCUT2D eigenvalue weighted by Crippen LogP contribution is -2.40. The summed E-state index contributed by atoms with van der Waals surface area (Å²) in [4.78, 5) is 12.3. The molecule has 1 aliphatic heterocycles. The Labute approximate surface area is 143 Å². The number of nitrogens with one attached hydrogen (secondary N) is 1. The van der Waals surface area contributed by atoms with Crippen LogP contribution in [0.3, 0.4) is 0 Å². The van der Waals surface area contributed by atoms with Crippen LogP contribution in [0.2, 0.25) is 0 Å². The molecule has 1 saturated heterocycles. The minimum Gasteiger partial charge on any atom is -0.495 e. The Kier molecular flexibility index (Phi) is 5.52. The summed E-state index contributed by atoms with van der Waals surface area (Å²) in [6, 6.07) is 4.47. The lowest BCUT2D eigenvalue weighted by molar-refractivity contribution is -0.123. The van der Waals surface area contributed by atoms with E-state index < -0.39 is 15.4 Å². The van der Waals surface area contributed by atoms with Crippen molar-refractivity contribution in [3.8, 4) is 5.75 Å². The van der Waals surface area contributed by atoms with Crippen molar-refractivity contribution in [2.75, 3.05) is 38.7 Å². The largest absolute Gasteiger partial charge is 0.495 e. The molecule has 1 aromatic carbocycles. The molecule has 1 fully saturated rings. The summed E-state index contributed by atoms with van der Waals surface area (Å²) in [6.45, 7) is 6.73. The maximum absolute atomic E-state index is 12.7. The normalized spacial score (nSPS) is 16.7. The number of rotatable bonds is 4. The minimum atomic E-state index is -3.63. The number of methoxy groups -OCH3 is 1. The summed E-state index contributed by atoms with van der Waals surface area (Å²) >= 11 is 0. The molecule has 1 heterocycles. The Morgan fingerprint density at radius 2 is 1.88 bits per heavy atom. The van der Waals surface area contributed by atoms with Gasteiger partial charge in [0.1, 0.15) is 5.75 Å². The van der Waals surface area contributed by atoms with E-state index in [1.807, 2.05) is 0 Å². The van der Waals surface area contributed by atoms with E-state index in [2.05, 4.69) is 5.32 Å². The van der Waals surface area contributed by atoms with Crippen molar-refractivity contribution >= 4 is 21.6 Å². The molecule has 134 valence electrons. The van der Waals surface area contributed by atoms with E-state index in [4.69, 9.17) is 9.47 Å². The topological polar surface area (TPSA) is 84.9 Å². The molecule has 1 amide bonds. The van der Waals surface area contributed by atoms with E-state index in [0.29, 0.717) is 37.7 Å². The SMILES string of the molecule is COc1ccc(S(=O)(=O)N2CCOCC2)cc1NC(=O)C(C)(C)C. The van der Waals surface area contributed by atoms with Crippen molar-refractivity contribution < 1.29 is 22.7 Å². The van der Waals surface area contributed by atoms with Gasteiger partial charge in [-0.15, -0.1) is 0 Å². The number of anilines is 1. The molecule has 0 aromatic heterocycles. The van der Waals surface area contributed by atoms with Crippen molar-refractivity contribution in [3.63, 3.8) is 0 Å². The van der Waals surface area contributed by atoms with Crippen molar-refractivity contribution in [1.82, 2.24) is 4.31 Å². The molecule has 1 N–H and O–H groups in total. The van der Waals surface area contributed by atoms with Crippen LogP contribution >= 0.6 is 0 Å². The van der Waals surface area contributed by atoms with Crippen LogP contribution in [-0.4, -0.2) is 52.0 Å². The van der Waals surface area contributed by atoms with Gasteiger partial charge < -0.3 is 14.8 Å². The molecule has 0 bridgehead atoms. The van der Waals surface area contributed by atoms with Gasteiger partial charge >= 0.3 is 0 Å². The molecule has 1 aliphatic rings. The van der Waals surface area contributed by atoms with Crippen LogP contribution in [0.4, 0.5) is 5.69 Å². The van der Waals surface area contributed by atoms with Crippen LogP contribution in [0.25, 0.3) is 0 Å². The number of carbonyl (C=O) groups excluding carboxylic acids is 1. The number of hydrogen-bond acceptors (Lipinski definition) is 5. The molecule has 24 heavy (non-hydrogen) atoms. The van der Waals surface area contributed by atoms with Crippen LogP contribution in [0.15, 0.2) is 23.1 Å². The van der Waals surface area contributed by atoms with Crippen molar-refractivity contribution in [2.45, 2.75) is 25.7 Å². The highest BCUT2D eigenvalue weighted by Gasteiger charge is 2.28. The molecule has 1 aromatic rings. The minimum absolute atomic E-state index is 0.120. The number of carbonyl (C=O) groups is 1. The zero-order valence-electron chi connectivity index (χ0n) is 14.5. The zero-order valence-corrected chi connectivity index (χ0v) is 15.3. The van der Waals surface area contributed by atoms with E-state index >= 15 is 0 Å². The smallest absolute Gasteiger partial charge is 0.243 e. The first-order valence-corrected chi connectivity index (χ1v) is 9.17. The van der Waals surface area contributed by atoms with Gasteiger partial charge in [0.25, 0.3) is 0 Å². The first-order valence-electron chi connectivity index (χ1n) is 7.73. The summed E-state index contributed by atoms with van der Waals surface area (Å²) in [5.74, 6) is 0.190. The van der Waals surface area contributed by atoms with Gasteiger partial charge in [-0.3, -0.25) is 4.79 Å². The Morgan fingerprint density at radius 3 is 2.42 bits per heavy atom. The fourth-order valence-electron chi connectivity index (χ4n) is 2.19. The number of morpholine rings is 1. The van der Waals surface area contributed by atoms with E-state index in [0.717, 1.165) is 0 Å². The maximum Gasteiger partial charge on any atom is 0.243 e. The second kappa shape index (κ2) is 7.08. The summed E-state index contributed by atoms with van der Waals surface area (Å²) in [5.41, 5.74) is -0.267. The predicted octanol–water partition coefficient (Wildman–Crippen LogP) is 1.70. The van der Waals surface area contributed by atoms with Gasteiger partial charge in [0.2, 0.25) is 15.9 Å². The molecule has 8 heteroatoms. The highest BCUT2D eigenvalue weighted by Crippen LogP contribution is 2.30. The molecule has 0 atom stereocenters. The predicted molar refractivity (Wildman–Crippen MR) is 90.7 cm³/mol. The zero-order chi connectivity index (χ0) is 18.0. The maximum atomic E-state index is 12.7. The van der Waals surface area contributed by atoms with Gasteiger partial charge in [0, 0.05) is 18.5 Å². The number of amides is 1. The van der Waals surface area contributed by atoms with Crippen LogP contribution in [0.1, 0.15) is 20.8 Å². The Hall–Kier alpha value is -1.64. The lowest BCUT2D eigenvalue weighted by Gasteiger charge is -2.26. The molecule has 0 unspecified atom stereocenters. The summed E-state index contributed by atoms with van der Waals surface area (Å²) in [5, 5.41) is 2.75. The Balaban J connectivity index is 2.35. The van der Waals surface area contributed by atoms with E-state index in [9.17, 15) is 13.2 Å². The van der Waals surface area contributed by atoms with E-state index in [1.54, 1.807) is 26.8 Å². The molecule has 2 rings (SSSR count). The number of nitrogens with zero attached hydrogens (tertiary/aromatic N) is 1. The average molecular weight is 356 g/mol. The van der Waals surface area contributed by atoms with E-state index in [-0.39, 0.29) is 10.8 Å². The van der Waals surface area contributed by atoms with Crippen LogP contribution in [-0.2, 0) is 19.6 Å². The molecule has 0 saturated carbocycles. The number of benzene rings is 1. The van der Waals surface area contributed by atoms with Gasteiger partial charge in [0.15, 0.2) is 0 Å². The third kappa shape index (κ3) is 4.06. The monoisotopic (exact) mass is 356 g/mol. The van der Waals surface area contributed by atoms with Gasteiger partial charge in [-0.05, 0) is 18.2 Å². The first-order chi connectivity index (χ1) is 11.2. The first kappa shape index (κ1) is 18.7. The highest BCUT2D eigenvalue weighted by atomic mass is 32.2. The third-order valence-electron chi connectivity index (χ3n) is 3.71. The van der Waals surface area contributed by atoms with Crippen LogP contribution < -0.4 is 10.1 Å². The average Bonchev–Trinajstić information content (AvgIpc) is 2.54. The quantitative estimate of drug-likeness (QED) is 0.888. The summed E-state index contributed by atoms with van der Waals surface area (Å²) in [6.07, 6.45) is 0. The molecule has 0 radical (unpaired) electrons. The lowest BCUT2D eigenvalue weighted by atomic mass is 9.95. The number of ether oxygens (including phenoxy) is 2. The van der Waals surface area contributed by atoms with Gasteiger partial charge in [-0.2, -0.15) is 4.31 Å². The fraction of sp³-hybridized carbons (Fsp3) is 0.562. The van der Waals surface area contributed by atoms with Gasteiger partial charge in [-0.25, -0.2) is 8.42 Å². The summed E-state index contributed by atoms with van der Waals surface area (Å²) in [7, 11) is -2.16. The molecule has 0 spiro atoms. The highest BCUT2D eigenvalue weighted by molar-refractivity contribution is 7.89. The Bertz CT molecular complexity index is 704. The molecule has 0 aliphatic carbocycles. The fourth-order valence-corrected chi connectivity index (χ4v) is 3.63. The van der Waals surface area contributed by atoms with Crippen LogP contribution in [0.5, 0.6) is 5.75 Å². The van der Waals surface area contributed by atoms with Crippen molar-refractivity contribution in [2.24, 2.45) is 5.41 Å².